The molecule has 144 valence electrons. The second kappa shape index (κ2) is 7.52. The summed E-state index contributed by atoms with van der Waals surface area (Å²) in [5.41, 5.74) is 5.36. The summed E-state index contributed by atoms with van der Waals surface area (Å²) < 4.78 is 1.02. The van der Waals surface area contributed by atoms with Gasteiger partial charge in [0.05, 0.1) is 16.8 Å². The molecule has 0 bridgehead atoms. The predicted molar refractivity (Wildman–Crippen MR) is 122 cm³/mol. The number of thiazole rings is 1. The van der Waals surface area contributed by atoms with Crippen molar-refractivity contribution in [3.8, 4) is 11.3 Å². The van der Waals surface area contributed by atoms with E-state index in [0.717, 1.165) is 57.2 Å². The lowest BCUT2D eigenvalue weighted by atomic mass is 10.0. The highest BCUT2D eigenvalue weighted by atomic mass is 79.9. The summed E-state index contributed by atoms with van der Waals surface area (Å²) in [4.78, 5) is 22.6. The summed E-state index contributed by atoms with van der Waals surface area (Å²) in [5, 5.41) is 6.90. The number of pyridine rings is 1. The molecule has 0 atom stereocenters. The molecule has 4 nitrogen and oxygen atoms in total. The molecule has 0 spiro atoms. The number of rotatable bonds is 3. The zero-order valence-corrected chi connectivity index (χ0v) is 18.4. The quantitative estimate of drug-likeness (QED) is 0.360. The third kappa shape index (κ3) is 3.56. The van der Waals surface area contributed by atoms with Crippen molar-refractivity contribution >= 4 is 60.8 Å². The molecule has 1 aliphatic carbocycles. The molecule has 2 aromatic heterocycles. The number of hydrogen-bond donors (Lipinski definition) is 1. The molecule has 5 rings (SSSR count). The van der Waals surface area contributed by atoms with Gasteiger partial charge in [0.2, 0.25) is 0 Å². The standard InChI is InChI=1S/C22H15BrClN3OS/c23-13-6-4-12(5-7-13)19-11-29-22(26-19)27-21(28)20-15-2-1-3-17(15)25-18-9-8-14(24)10-16(18)20/h4-11H,1-3H2,(H,26,27,28). The van der Waals surface area contributed by atoms with Crippen LogP contribution in [0.2, 0.25) is 5.02 Å². The molecule has 29 heavy (non-hydrogen) atoms. The lowest BCUT2D eigenvalue weighted by Crippen LogP contribution is -2.15. The van der Waals surface area contributed by atoms with Crippen molar-refractivity contribution in [2.24, 2.45) is 0 Å². The van der Waals surface area contributed by atoms with Gasteiger partial charge in [-0.05, 0) is 55.2 Å². The number of anilines is 1. The Morgan fingerprint density at radius 1 is 1.10 bits per heavy atom. The molecule has 0 saturated carbocycles. The van der Waals surface area contributed by atoms with Gasteiger partial charge in [-0.1, -0.05) is 39.7 Å². The van der Waals surface area contributed by atoms with Crippen molar-refractivity contribution in [1.29, 1.82) is 0 Å². The minimum Gasteiger partial charge on any atom is -0.298 e. The van der Waals surface area contributed by atoms with Crippen molar-refractivity contribution in [2.75, 3.05) is 5.32 Å². The molecule has 1 amide bonds. The van der Waals surface area contributed by atoms with Crippen molar-refractivity contribution in [2.45, 2.75) is 19.3 Å². The molecule has 1 N–H and O–H groups in total. The molecule has 0 fully saturated rings. The molecular formula is C22H15BrClN3OS. The van der Waals surface area contributed by atoms with Crippen LogP contribution in [0.25, 0.3) is 22.2 Å². The van der Waals surface area contributed by atoms with Crippen molar-refractivity contribution in [3.63, 3.8) is 0 Å². The van der Waals surface area contributed by atoms with E-state index in [1.165, 1.54) is 11.3 Å². The van der Waals surface area contributed by atoms with E-state index in [1.807, 2.05) is 47.8 Å². The van der Waals surface area contributed by atoms with Crippen LogP contribution in [-0.4, -0.2) is 15.9 Å². The fourth-order valence-corrected chi connectivity index (χ4v) is 4.89. The van der Waals surface area contributed by atoms with Crippen LogP contribution in [0.15, 0.2) is 52.3 Å². The second-order valence-corrected chi connectivity index (χ2v) is 9.14. The summed E-state index contributed by atoms with van der Waals surface area (Å²) in [6, 6.07) is 13.5. The van der Waals surface area contributed by atoms with Gasteiger partial charge in [0, 0.05) is 31.5 Å². The largest absolute Gasteiger partial charge is 0.298 e. The van der Waals surface area contributed by atoms with Crippen LogP contribution in [0.4, 0.5) is 5.13 Å². The Labute approximate surface area is 185 Å². The maximum Gasteiger partial charge on any atom is 0.258 e. The van der Waals surface area contributed by atoms with Crippen LogP contribution in [0.5, 0.6) is 0 Å². The number of benzene rings is 2. The van der Waals surface area contributed by atoms with E-state index in [-0.39, 0.29) is 5.91 Å². The Morgan fingerprint density at radius 3 is 2.76 bits per heavy atom. The Hall–Kier alpha value is -2.28. The van der Waals surface area contributed by atoms with E-state index in [1.54, 1.807) is 0 Å². The number of aryl methyl sites for hydroxylation is 1. The first-order chi connectivity index (χ1) is 14.1. The molecule has 0 radical (unpaired) electrons. The summed E-state index contributed by atoms with van der Waals surface area (Å²) in [7, 11) is 0. The lowest BCUT2D eigenvalue weighted by molar-refractivity contribution is 0.102. The average Bonchev–Trinajstić information content (AvgIpc) is 3.36. The van der Waals surface area contributed by atoms with Gasteiger partial charge in [-0.15, -0.1) is 11.3 Å². The average molecular weight is 485 g/mol. The first-order valence-electron chi connectivity index (χ1n) is 9.22. The van der Waals surface area contributed by atoms with E-state index >= 15 is 0 Å². The number of fused-ring (bicyclic) bond motifs is 2. The Balaban J connectivity index is 1.51. The van der Waals surface area contributed by atoms with Gasteiger partial charge in [-0.3, -0.25) is 15.1 Å². The number of amides is 1. The van der Waals surface area contributed by atoms with Crippen LogP contribution in [0.3, 0.4) is 0 Å². The monoisotopic (exact) mass is 483 g/mol. The van der Waals surface area contributed by atoms with E-state index in [9.17, 15) is 4.79 Å². The second-order valence-electron chi connectivity index (χ2n) is 6.93. The lowest BCUT2D eigenvalue weighted by Gasteiger charge is -2.12. The molecular weight excluding hydrogens is 470 g/mol. The number of carbonyl (C=O) groups is 1. The summed E-state index contributed by atoms with van der Waals surface area (Å²) in [6.45, 7) is 0. The molecule has 1 aliphatic rings. The highest BCUT2D eigenvalue weighted by molar-refractivity contribution is 9.10. The summed E-state index contributed by atoms with van der Waals surface area (Å²) >= 11 is 11.1. The van der Waals surface area contributed by atoms with Crippen LogP contribution in [0, 0.1) is 0 Å². The van der Waals surface area contributed by atoms with Gasteiger partial charge in [-0.2, -0.15) is 0 Å². The zero-order chi connectivity index (χ0) is 20.0. The van der Waals surface area contributed by atoms with E-state index in [2.05, 4.69) is 26.2 Å². The Morgan fingerprint density at radius 2 is 1.93 bits per heavy atom. The van der Waals surface area contributed by atoms with Gasteiger partial charge < -0.3 is 0 Å². The van der Waals surface area contributed by atoms with Gasteiger partial charge in [0.25, 0.3) is 5.91 Å². The van der Waals surface area contributed by atoms with Crippen LogP contribution < -0.4 is 5.32 Å². The molecule has 7 heteroatoms. The number of aromatic nitrogens is 2. The highest BCUT2D eigenvalue weighted by Crippen LogP contribution is 2.33. The SMILES string of the molecule is O=C(Nc1nc(-c2ccc(Br)cc2)cs1)c1c2c(nc3ccc(Cl)cc13)CCC2. The molecule has 2 heterocycles. The number of nitrogens with one attached hydrogen (secondary N) is 1. The smallest absolute Gasteiger partial charge is 0.258 e. The maximum absolute atomic E-state index is 13.3. The number of halogens is 2. The summed E-state index contributed by atoms with van der Waals surface area (Å²) in [6.07, 6.45) is 2.77. The van der Waals surface area contributed by atoms with Crippen molar-refractivity contribution in [3.05, 3.63) is 74.2 Å². The zero-order valence-electron chi connectivity index (χ0n) is 15.2. The van der Waals surface area contributed by atoms with Crippen LogP contribution >= 0.6 is 38.9 Å². The molecule has 4 aromatic rings. The minimum atomic E-state index is -0.158. The van der Waals surface area contributed by atoms with Gasteiger partial charge in [-0.25, -0.2) is 4.98 Å². The predicted octanol–water partition coefficient (Wildman–Crippen LogP) is 6.52. The van der Waals surface area contributed by atoms with Crippen molar-refractivity contribution < 1.29 is 4.79 Å². The van der Waals surface area contributed by atoms with Gasteiger partial charge >= 0.3 is 0 Å². The van der Waals surface area contributed by atoms with Crippen LogP contribution in [-0.2, 0) is 12.8 Å². The number of hydrogen-bond acceptors (Lipinski definition) is 4. The minimum absolute atomic E-state index is 0.158. The Bertz CT molecular complexity index is 1250. The highest BCUT2D eigenvalue weighted by Gasteiger charge is 2.24. The topological polar surface area (TPSA) is 54.9 Å². The number of carbonyl (C=O) groups excluding carboxylic acids is 1. The van der Waals surface area contributed by atoms with Gasteiger partial charge in [0.15, 0.2) is 5.13 Å². The summed E-state index contributed by atoms with van der Waals surface area (Å²) in [5.74, 6) is -0.158. The third-order valence-corrected chi connectivity index (χ3v) is 6.59. The third-order valence-electron chi connectivity index (χ3n) is 5.07. The Kier molecular flexibility index (Phi) is 4.86. The van der Waals surface area contributed by atoms with E-state index in [4.69, 9.17) is 16.6 Å². The van der Waals surface area contributed by atoms with Crippen LogP contribution in [0.1, 0.15) is 28.0 Å². The first kappa shape index (κ1) is 18.7. The normalized spacial score (nSPS) is 12.9. The molecule has 0 saturated heterocycles. The van der Waals surface area contributed by atoms with E-state index in [0.29, 0.717) is 15.7 Å². The fourth-order valence-electron chi connectivity index (χ4n) is 3.74. The first-order valence-corrected chi connectivity index (χ1v) is 11.3. The number of nitrogens with zero attached hydrogens (tertiary/aromatic N) is 2. The van der Waals surface area contributed by atoms with Crippen molar-refractivity contribution in [1.82, 2.24) is 9.97 Å². The van der Waals surface area contributed by atoms with E-state index < -0.39 is 0 Å². The molecule has 2 aromatic carbocycles. The maximum atomic E-state index is 13.3. The fraction of sp³-hybridized carbons (Fsp3) is 0.136. The van der Waals surface area contributed by atoms with Gasteiger partial charge in [0.1, 0.15) is 0 Å². The molecule has 0 unspecified atom stereocenters. The molecule has 0 aliphatic heterocycles.